The number of hydrogen-bond donors (Lipinski definition) is 2. The Morgan fingerprint density at radius 1 is 1.27 bits per heavy atom. The van der Waals surface area contributed by atoms with Crippen molar-refractivity contribution in [2.75, 3.05) is 13.1 Å². The van der Waals surface area contributed by atoms with Crippen LogP contribution in [0.15, 0.2) is 35.1 Å². The molecule has 2 rings (SSSR count). The SMILES string of the molecule is Cc1cc(=O)c(C(=O)NCCCCN)nn1-c1ccccc1C(F)(F)F. The molecular formula is C17H19F3N4O2. The maximum Gasteiger partial charge on any atom is 0.418 e. The molecule has 0 aliphatic rings. The predicted molar refractivity (Wildman–Crippen MR) is 90.2 cm³/mol. The number of aryl methyl sites for hydroxylation is 1. The third kappa shape index (κ3) is 4.48. The van der Waals surface area contributed by atoms with E-state index in [4.69, 9.17) is 5.73 Å². The van der Waals surface area contributed by atoms with Crippen LogP contribution in [0.4, 0.5) is 13.2 Å². The number of halogens is 3. The third-order valence-electron chi connectivity index (χ3n) is 3.68. The molecule has 0 aliphatic carbocycles. The Bertz CT molecular complexity index is 847. The van der Waals surface area contributed by atoms with Gasteiger partial charge in [-0.3, -0.25) is 9.59 Å². The number of nitrogens with zero attached hydrogens (tertiary/aromatic N) is 2. The minimum atomic E-state index is -4.60. The first-order valence-electron chi connectivity index (χ1n) is 8.01. The largest absolute Gasteiger partial charge is 0.418 e. The lowest BCUT2D eigenvalue weighted by molar-refractivity contribution is -0.137. The van der Waals surface area contributed by atoms with E-state index in [0.717, 1.165) is 16.8 Å². The minimum absolute atomic E-state index is 0.186. The Labute approximate surface area is 147 Å². The fourth-order valence-corrected chi connectivity index (χ4v) is 2.40. The Morgan fingerprint density at radius 3 is 2.62 bits per heavy atom. The van der Waals surface area contributed by atoms with E-state index in [-0.39, 0.29) is 11.4 Å². The molecule has 1 heterocycles. The van der Waals surface area contributed by atoms with Gasteiger partial charge in [-0.2, -0.15) is 18.3 Å². The molecule has 0 saturated carbocycles. The van der Waals surface area contributed by atoms with Gasteiger partial charge >= 0.3 is 6.18 Å². The molecule has 2 aromatic rings. The van der Waals surface area contributed by atoms with Gasteiger partial charge < -0.3 is 11.1 Å². The number of nitrogens with one attached hydrogen (secondary N) is 1. The summed E-state index contributed by atoms with van der Waals surface area (Å²) in [5.41, 5.74) is 3.27. The summed E-state index contributed by atoms with van der Waals surface area (Å²) in [6, 6.07) is 5.93. The second kappa shape index (κ2) is 8.13. The van der Waals surface area contributed by atoms with Crippen molar-refractivity contribution in [3.63, 3.8) is 0 Å². The summed E-state index contributed by atoms with van der Waals surface area (Å²) in [5.74, 6) is -0.731. The van der Waals surface area contributed by atoms with E-state index in [2.05, 4.69) is 10.4 Å². The summed E-state index contributed by atoms with van der Waals surface area (Å²) in [6.45, 7) is 2.22. The number of rotatable bonds is 6. The highest BCUT2D eigenvalue weighted by molar-refractivity contribution is 5.92. The Kier molecular flexibility index (Phi) is 6.14. The molecule has 0 bridgehead atoms. The van der Waals surface area contributed by atoms with Gasteiger partial charge in [-0.05, 0) is 38.4 Å². The number of benzene rings is 1. The molecule has 9 heteroatoms. The van der Waals surface area contributed by atoms with Gasteiger partial charge in [-0.15, -0.1) is 0 Å². The van der Waals surface area contributed by atoms with Crippen LogP contribution in [0.25, 0.3) is 5.69 Å². The zero-order valence-electron chi connectivity index (χ0n) is 14.1. The zero-order valence-corrected chi connectivity index (χ0v) is 14.1. The monoisotopic (exact) mass is 368 g/mol. The molecule has 0 saturated heterocycles. The molecule has 0 aliphatic heterocycles. The minimum Gasteiger partial charge on any atom is -0.351 e. The van der Waals surface area contributed by atoms with Gasteiger partial charge in [0.2, 0.25) is 5.43 Å². The van der Waals surface area contributed by atoms with Crippen molar-refractivity contribution in [1.82, 2.24) is 15.1 Å². The molecule has 0 unspecified atom stereocenters. The average Bonchev–Trinajstić information content (AvgIpc) is 2.58. The lowest BCUT2D eigenvalue weighted by atomic mass is 10.1. The van der Waals surface area contributed by atoms with Gasteiger partial charge in [0.15, 0.2) is 5.69 Å². The quantitative estimate of drug-likeness (QED) is 0.764. The van der Waals surface area contributed by atoms with E-state index < -0.39 is 28.8 Å². The summed E-state index contributed by atoms with van der Waals surface area (Å²) in [7, 11) is 0. The maximum atomic E-state index is 13.3. The number of alkyl halides is 3. The van der Waals surface area contributed by atoms with Crippen LogP contribution in [-0.2, 0) is 6.18 Å². The topological polar surface area (TPSA) is 90.0 Å². The van der Waals surface area contributed by atoms with Gasteiger partial charge in [0.05, 0.1) is 11.3 Å². The Morgan fingerprint density at radius 2 is 1.96 bits per heavy atom. The summed E-state index contributed by atoms with van der Waals surface area (Å²) in [5, 5.41) is 6.41. The van der Waals surface area contributed by atoms with Gasteiger partial charge in [0.25, 0.3) is 5.91 Å². The van der Waals surface area contributed by atoms with E-state index in [9.17, 15) is 22.8 Å². The fraction of sp³-hybridized carbons (Fsp3) is 0.353. The molecule has 0 atom stereocenters. The van der Waals surface area contributed by atoms with Gasteiger partial charge in [0, 0.05) is 18.3 Å². The first kappa shape index (κ1) is 19.6. The van der Waals surface area contributed by atoms with Crippen molar-refractivity contribution >= 4 is 5.91 Å². The molecule has 1 aromatic carbocycles. The summed E-state index contributed by atoms with van der Waals surface area (Å²) < 4.78 is 40.7. The Hall–Kier alpha value is -2.68. The fourth-order valence-electron chi connectivity index (χ4n) is 2.40. The highest BCUT2D eigenvalue weighted by Crippen LogP contribution is 2.33. The second-order valence-electron chi connectivity index (χ2n) is 5.68. The molecule has 1 aromatic heterocycles. The first-order chi connectivity index (χ1) is 12.3. The molecule has 3 N–H and O–H groups in total. The third-order valence-corrected chi connectivity index (χ3v) is 3.68. The van der Waals surface area contributed by atoms with Gasteiger partial charge in [0.1, 0.15) is 0 Å². The maximum absolute atomic E-state index is 13.3. The van der Waals surface area contributed by atoms with Crippen LogP contribution in [-0.4, -0.2) is 28.8 Å². The second-order valence-corrected chi connectivity index (χ2v) is 5.68. The number of unbranched alkanes of at least 4 members (excludes halogenated alkanes) is 1. The standard InChI is InChI=1S/C17H19F3N4O2/c1-11-10-14(25)15(16(26)22-9-5-4-8-21)23-24(11)13-7-3-2-6-12(13)17(18,19)20/h2-3,6-7,10H,4-5,8-9,21H2,1H3,(H,22,26). The summed E-state index contributed by atoms with van der Waals surface area (Å²) in [6.07, 6.45) is -3.28. The number of hydrogen-bond acceptors (Lipinski definition) is 4. The lowest BCUT2D eigenvalue weighted by Gasteiger charge is -2.16. The molecule has 1 amide bonds. The van der Waals surface area contributed by atoms with Crippen molar-refractivity contribution in [2.24, 2.45) is 5.73 Å². The molecule has 6 nitrogen and oxygen atoms in total. The van der Waals surface area contributed by atoms with Crippen molar-refractivity contribution in [1.29, 1.82) is 0 Å². The van der Waals surface area contributed by atoms with Crippen LogP contribution in [0.3, 0.4) is 0 Å². The molecule has 26 heavy (non-hydrogen) atoms. The van der Waals surface area contributed by atoms with E-state index >= 15 is 0 Å². The van der Waals surface area contributed by atoms with Crippen LogP contribution in [0.5, 0.6) is 0 Å². The molecule has 0 spiro atoms. The number of amides is 1. The molecule has 140 valence electrons. The highest BCUT2D eigenvalue weighted by atomic mass is 19.4. The number of carbonyl (C=O) groups is 1. The average molecular weight is 368 g/mol. The number of nitrogens with two attached hydrogens (primary N) is 1. The molecule has 0 fully saturated rings. The van der Waals surface area contributed by atoms with E-state index in [1.165, 1.54) is 25.1 Å². The van der Waals surface area contributed by atoms with E-state index in [1.54, 1.807) is 0 Å². The zero-order chi connectivity index (χ0) is 19.3. The highest BCUT2D eigenvalue weighted by Gasteiger charge is 2.34. The predicted octanol–water partition coefficient (Wildman–Crippen LogP) is 2.03. The van der Waals surface area contributed by atoms with E-state index in [0.29, 0.717) is 25.9 Å². The van der Waals surface area contributed by atoms with Crippen molar-refractivity contribution in [3.05, 3.63) is 57.5 Å². The Balaban J connectivity index is 2.44. The number of aromatic nitrogens is 2. The molecule has 0 radical (unpaired) electrons. The molecular weight excluding hydrogens is 349 g/mol. The number of carbonyl (C=O) groups excluding carboxylic acids is 1. The summed E-state index contributed by atoms with van der Waals surface area (Å²) in [4.78, 5) is 24.2. The van der Waals surface area contributed by atoms with Crippen LogP contribution in [0, 0.1) is 6.92 Å². The normalized spacial score (nSPS) is 11.4. The van der Waals surface area contributed by atoms with Crippen molar-refractivity contribution < 1.29 is 18.0 Å². The smallest absolute Gasteiger partial charge is 0.351 e. The van der Waals surface area contributed by atoms with Crippen LogP contribution in [0.1, 0.15) is 34.6 Å². The van der Waals surface area contributed by atoms with Crippen LogP contribution < -0.4 is 16.5 Å². The first-order valence-corrected chi connectivity index (χ1v) is 8.01. The van der Waals surface area contributed by atoms with Gasteiger partial charge in [-0.1, -0.05) is 12.1 Å². The van der Waals surface area contributed by atoms with Crippen LogP contribution >= 0.6 is 0 Å². The van der Waals surface area contributed by atoms with Crippen LogP contribution in [0.2, 0.25) is 0 Å². The lowest BCUT2D eigenvalue weighted by Crippen LogP contribution is -2.33. The number of para-hydroxylation sites is 1. The van der Waals surface area contributed by atoms with Crippen molar-refractivity contribution in [2.45, 2.75) is 25.9 Å². The van der Waals surface area contributed by atoms with Crippen molar-refractivity contribution in [3.8, 4) is 5.69 Å². The van der Waals surface area contributed by atoms with E-state index in [1.807, 2.05) is 0 Å². The summed E-state index contributed by atoms with van der Waals surface area (Å²) >= 11 is 0. The van der Waals surface area contributed by atoms with Gasteiger partial charge in [-0.25, -0.2) is 4.68 Å².